The highest BCUT2D eigenvalue weighted by atomic mass is 35.5. The summed E-state index contributed by atoms with van der Waals surface area (Å²) in [5.74, 6) is -0.223. The van der Waals surface area contributed by atoms with Crippen molar-refractivity contribution in [2.75, 3.05) is 13.2 Å². The highest BCUT2D eigenvalue weighted by Gasteiger charge is 2.24. The maximum atomic E-state index is 12.2. The number of carbonyl (C=O) groups is 1. The molecule has 2 rings (SSSR count). The highest BCUT2D eigenvalue weighted by molar-refractivity contribution is 7.93. The quantitative estimate of drug-likeness (QED) is 0.669. The average Bonchev–Trinajstić information content (AvgIpc) is 2.55. The SMILES string of the molecule is O=C(NC1=CC(S(=O)(=O)NCCO)=C(Cl)CC1)C1=CC=CCC1. The molecule has 1 amide bonds. The molecule has 0 heterocycles. The molecule has 0 radical (unpaired) electrons. The fraction of sp³-hybridized carbons (Fsp3) is 0.400. The Morgan fingerprint density at radius 1 is 1.30 bits per heavy atom. The fourth-order valence-corrected chi connectivity index (χ4v) is 3.93. The van der Waals surface area contributed by atoms with Gasteiger partial charge in [-0.3, -0.25) is 4.79 Å². The van der Waals surface area contributed by atoms with Crippen molar-refractivity contribution in [2.45, 2.75) is 25.7 Å². The van der Waals surface area contributed by atoms with E-state index in [0.29, 0.717) is 30.5 Å². The maximum Gasteiger partial charge on any atom is 0.251 e. The zero-order valence-corrected chi connectivity index (χ0v) is 14.1. The molecule has 6 nitrogen and oxygen atoms in total. The van der Waals surface area contributed by atoms with Crippen LogP contribution in [0.5, 0.6) is 0 Å². The Morgan fingerprint density at radius 2 is 2.09 bits per heavy atom. The molecular weight excluding hydrogens is 340 g/mol. The molecule has 0 atom stereocenters. The first-order valence-electron chi connectivity index (χ1n) is 7.31. The number of halogens is 1. The number of amides is 1. The summed E-state index contributed by atoms with van der Waals surface area (Å²) in [6, 6.07) is 0. The number of hydrogen-bond donors (Lipinski definition) is 3. The lowest BCUT2D eigenvalue weighted by Gasteiger charge is -2.19. The van der Waals surface area contributed by atoms with E-state index in [1.54, 1.807) is 6.08 Å². The zero-order chi connectivity index (χ0) is 16.9. The van der Waals surface area contributed by atoms with Gasteiger partial charge >= 0.3 is 0 Å². The van der Waals surface area contributed by atoms with Gasteiger partial charge in [-0.2, -0.15) is 0 Å². The van der Waals surface area contributed by atoms with E-state index in [0.717, 1.165) is 6.42 Å². The first-order valence-corrected chi connectivity index (χ1v) is 9.17. The molecule has 0 saturated carbocycles. The Kier molecular flexibility index (Phi) is 6.17. The summed E-state index contributed by atoms with van der Waals surface area (Å²) in [6.45, 7) is -0.399. The van der Waals surface area contributed by atoms with Gasteiger partial charge in [0.05, 0.1) is 11.5 Å². The molecular formula is C15H19ClN2O4S. The van der Waals surface area contributed by atoms with E-state index in [9.17, 15) is 13.2 Å². The van der Waals surface area contributed by atoms with Crippen molar-refractivity contribution < 1.29 is 18.3 Å². The van der Waals surface area contributed by atoms with Crippen LogP contribution in [-0.2, 0) is 14.8 Å². The van der Waals surface area contributed by atoms with Crippen molar-refractivity contribution in [3.8, 4) is 0 Å². The first kappa shape index (κ1) is 17.9. The number of sulfonamides is 1. The molecule has 2 aliphatic carbocycles. The minimum Gasteiger partial charge on any atom is -0.395 e. The van der Waals surface area contributed by atoms with Crippen LogP contribution < -0.4 is 10.0 Å². The van der Waals surface area contributed by atoms with Crippen LogP contribution in [0.25, 0.3) is 0 Å². The molecule has 0 unspecified atom stereocenters. The van der Waals surface area contributed by atoms with E-state index >= 15 is 0 Å². The normalized spacial score (nSPS) is 18.5. The van der Waals surface area contributed by atoms with Crippen molar-refractivity contribution >= 4 is 27.5 Å². The predicted molar refractivity (Wildman–Crippen MR) is 88.8 cm³/mol. The minimum atomic E-state index is -3.80. The van der Waals surface area contributed by atoms with Gasteiger partial charge in [-0.15, -0.1) is 0 Å². The van der Waals surface area contributed by atoms with Crippen LogP contribution in [0.1, 0.15) is 25.7 Å². The van der Waals surface area contributed by atoms with E-state index in [1.165, 1.54) is 6.08 Å². The molecule has 126 valence electrons. The summed E-state index contributed by atoms with van der Waals surface area (Å²) >= 11 is 6.02. The van der Waals surface area contributed by atoms with E-state index in [4.69, 9.17) is 16.7 Å². The zero-order valence-electron chi connectivity index (χ0n) is 12.5. The number of rotatable bonds is 6. The largest absolute Gasteiger partial charge is 0.395 e. The Morgan fingerprint density at radius 3 is 2.74 bits per heavy atom. The van der Waals surface area contributed by atoms with Crippen molar-refractivity contribution in [3.63, 3.8) is 0 Å². The molecule has 0 aromatic rings. The topological polar surface area (TPSA) is 95.5 Å². The summed E-state index contributed by atoms with van der Waals surface area (Å²) in [7, 11) is -3.80. The Labute approximate surface area is 140 Å². The molecule has 0 spiro atoms. The van der Waals surface area contributed by atoms with Crippen molar-refractivity contribution in [2.24, 2.45) is 0 Å². The van der Waals surface area contributed by atoms with Gasteiger partial charge in [0.2, 0.25) is 10.0 Å². The summed E-state index contributed by atoms with van der Waals surface area (Å²) in [5, 5.41) is 11.7. The van der Waals surface area contributed by atoms with Gasteiger partial charge in [-0.05, 0) is 31.8 Å². The van der Waals surface area contributed by atoms with E-state index in [2.05, 4.69) is 10.0 Å². The molecule has 0 bridgehead atoms. The van der Waals surface area contributed by atoms with Crippen LogP contribution >= 0.6 is 11.6 Å². The van der Waals surface area contributed by atoms with Gasteiger partial charge in [0.15, 0.2) is 0 Å². The number of aliphatic hydroxyl groups is 1. The third-order valence-electron chi connectivity index (χ3n) is 3.46. The molecule has 3 N–H and O–H groups in total. The second-order valence-electron chi connectivity index (χ2n) is 5.17. The second-order valence-corrected chi connectivity index (χ2v) is 7.36. The van der Waals surface area contributed by atoms with Gasteiger partial charge in [-0.25, -0.2) is 13.1 Å². The van der Waals surface area contributed by atoms with Crippen LogP contribution in [0.4, 0.5) is 0 Å². The van der Waals surface area contributed by atoms with Gasteiger partial charge in [0, 0.05) is 22.8 Å². The predicted octanol–water partition coefficient (Wildman–Crippen LogP) is 1.42. The fourth-order valence-electron chi connectivity index (χ4n) is 2.27. The molecule has 2 aliphatic rings. The van der Waals surface area contributed by atoms with Gasteiger partial charge in [0.25, 0.3) is 5.91 Å². The number of carbonyl (C=O) groups excluding carboxylic acids is 1. The summed E-state index contributed by atoms with van der Waals surface area (Å²) < 4.78 is 26.5. The standard InChI is InChI=1S/C15H19ClN2O4S/c16-13-7-6-12(10-14(13)23(21,22)17-8-9-19)18-15(20)11-4-2-1-3-5-11/h1-2,4,10,17,19H,3,5-9H2,(H,18,20). The van der Waals surface area contributed by atoms with Crippen molar-refractivity contribution in [1.29, 1.82) is 0 Å². The summed E-state index contributed by atoms with van der Waals surface area (Å²) in [6.07, 6.45) is 9.23. The van der Waals surface area contributed by atoms with Gasteiger partial charge in [-0.1, -0.05) is 29.8 Å². The van der Waals surface area contributed by atoms with Crippen LogP contribution in [-0.4, -0.2) is 32.6 Å². The highest BCUT2D eigenvalue weighted by Crippen LogP contribution is 2.29. The molecule has 0 aromatic heterocycles. The van der Waals surface area contributed by atoms with Crippen LogP contribution in [0.2, 0.25) is 0 Å². The minimum absolute atomic E-state index is 0.0633. The lowest BCUT2D eigenvalue weighted by Crippen LogP contribution is -2.30. The third kappa shape index (κ3) is 4.78. The number of aliphatic hydroxyl groups excluding tert-OH is 1. The monoisotopic (exact) mass is 358 g/mol. The lowest BCUT2D eigenvalue weighted by atomic mass is 10.0. The number of nitrogens with one attached hydrogen (secondary N) is 2. The van der Waals surface area contributed by atoms with E-state index in [1.807, 2.05) is 12.2 Å². The molecule has 23 heavy (non-hydrogen) atoms. The Hall–Kier alpha value is -1.41. The first-order chi connectivity index (χ1) is 10.9. The van der Waals surface area contributed by atoms with E-state index in [-0.39, 0.29) is 29.0 Å². The van der Waals surface area contributed by atoms with Crippen molar-refractivity contribution in [3.05, 3.63) is 45.5 Å². The molecule has 0 aromatic carbocycles. The van der Waals surface area contributed by atoms with Crippen molar-refractivity contribution in [1.82, 2.24) is 10.0 Å². The smallest absolute Gasteiger partial charge is 0.251 e. The van der Waals surface area contributed by atoms with Crippen LogP contribution in [0, 0.1) is 0 Å². The lowest BCUT2D eigenvalue weighted by molar-refractivity contribution is -0.117. The average molecular weight is 359 g/mol. The Bertz CT molecular complexity index is 705. The third-order valence-corrected chi connectivity index (χ3v) is 5.49. The van der Waals surface area contributed by atoms with Gasteiger partial charge in [0.1, 0.15) is 0 Å². The van der Waals surface area contributed by atoms with Crippen LogP contribution in [0.15, 0.2) is 45.5 Å². The second kappa shape index (κ2) is 7.92. The number of hydrogen-bond acceptors (Lipinski definition) is 4. The molecule has 0 fully saturated rings. The summed E-state index contributed by atoms with van der Waals surface area (Å²) in [4.78, 5) is 12.1. The number of allylic oxidation sites excluding steroid dienone is 6. The van der Waals surface area contributed by atoms with E-state index < -0.39 is 10.0 Å². The molecule has 8 heteroatoms. The summed E-state index contributed by atoms with van der Waals surface area (Å²) in [5.41, 5.74) is 1.18. The molecule has 0 saturated heterocycles. The van der Waals surface area contributed by atoms with Crippen LogP contribution in [0.3, 0.4) is 0 Å². The maximum absolute atomic E-state index is 12.2. The van der Waals surface area contributed by atoms with Gasteiger partial charge < -0.3 is 10.4 Å². The Balaban J connectivity index is 2.15. The molecule has 0 aliphatic heterocycles.